The van der Waals surface area contributed by atoms with E-state index in [1.54, 1.807) is 6.33 Å². The standard InChI is InChI=1S/C23H26N6O2/c1-23(2,3)31-22(30)29-16-10-17(19(29)15-7-5-4-6-14(15)16)28-12-26-18-20(27-13-8-9-13)24-11-25-21(18)28/h4-7,11-13,16-17,19H,8-10H2,1-3H3,(H,24,25,27)/t16-,17+,19-/m1/s1. The van der Waals surface area contributed by atoms with E-state index >= 15 is 0 Å². The van der Waals surface area contributed by atoms with Gasteiger partial charge in [0, 0.05) is 6.04 Å². The Morgan fingerprint density at radius 1 is 1.13 bits per heavy atom. The summed E-state index contributed by atoms with van der Waals surface area (Å²) in [5, 5.41) is 3.45. The van der Waals surface area contributed by atoms with Crippen molar-refractivity contribution in [3.05, 3.63) is 48.0 Å². The van der Waals surface area contributed by atoms with Gasteiger partial charge in [-0.05, 0) is 51.2 Å². The number of ether oxygens (including phenoxy) is 1. The van der Waals surface area contributed by atoms with Crippen LogP contribution in [0.4, 0.5) is 10.6 Å². The lowest BCUT2D eigenvalue weighted by atomic mass is 9.88. The molecule has 6 rings (SSSR count). The Labute approximate surface area is 180 Å². The minimum Gasteiger partial charge on any atom is -0.444 e. The van der Waals surface area contributed by atoms with E-state index in [0.29, 0.717) is 6.04 Å². The zero-order valence-electron chi connectivity index (χ0n) is 17.9. The van der Waals surface area contributed by atoms with Crippen molar-refractivity contribution in [1.82, 2.24) is 24.4 Å². The second kappa shape index (κ2) is 6.42. The predicted octanol–water partition coefficient (Wildman–Crippen LogP) is 4.38. The Morgan fingerprint density at radius 2 is 1.90 bits per heavy atom. The minimum atomic E-state index is -0.543. The van der Waals surface area contributed by atoms with Gasteiger partial charge >= 0.3 is 6.09 Å². The van der Waals surface area contributed by atoms with Crippen LogP contribution in [0.5, 0.6) is 0 Å². The van der Waals surface area contributed by atoms with Crippen LogP contribution in [0.25, 0.3) is 11.2 Å². The van der Waals surface area contributed by atoms with Crippen LogP contribution in [-0.2, 0) is 4.74 Å². The van der Waals surface area contributed by atoms with Crippen molar-refractivity contribution >= 4 is 23.1 Å². The molecule has 1 N–H and O–H groups in total. The molecule has 8 nitrogen and oxygen atoms in total. The van der Waals surface area contributed by atoms with E-state index in [1.165, 1.54) is 24.0 Å². The lowest BCUT2D eigenvalue weighted by molar-refractivity contribution is 0.0165. The maximum atomic E-state index is 13.2. The number of hydrogen-bond acceptors (Lipinski definition) is 6. The lowest BCUT2D eigenvalue weighted by Gasteiger charge is -2.29. The molecule has 8 heteroatoms. The molecule has 2 fully saturated rings. The number of amides is 1. The minimum absolute atomic E-state index is 0.00982. The molecule has 2 aromatic heterocycles. The first-order valence-electron chi connectivity index (χ1n) is 10.9. The van der Waals surface area contributed by atoms with E-state index in [-0.39, 0.29) is 24.2 Å². The SMILES string of the molecule is CC(C)(C)OC(=O)N1[C@@H]2C[C@H](n3cnc4c(NC5CC5)ncnc43)[C@H]1c1ccccc12. The number of anilines is 1. The summed E-state index contributed by atoms with van der Waals surface area (Å²) in [7, 11) is 0. The Hall–Kier alpha value is -3.16. The van der Waals surface area contributed by atoms with E-state index in [4.69, 9.17) is 4.74 Å². The number of benzene rings is 1. The number of carbonyl (C=O) groups excluding carboxylic acids is 1. The molecule has 2 bridgehead atoms. The first kappa shape index (κ1) is 18.6. The third-order valence-corrected chi connectivity index (χ3v) is 6.38. The summed E-state index contributed by atoms with van der Waals surface area (Å²) in [6.07, 6.45) is 6.31. The molecule has 3 aliphatic rings. The van der Waals surface area contributed by atoms with Gasteiger partial charge in [0.25, 0.3) is 0 Å². The fraction of sp³-hybridized carbons (Fsp3) is 0.478. The quantitative estimate of drug-likeness (QED) is 0.679. The third kappa shape index (κ3) is 2.96. The maximum absolute atomic E-state index is 13.2. The predicted molar refractivity (Wildman–Crippen MR) is 116 cm³/mol. The van der Waals surface area contributed by atoms with E-state index < -0.39 is 5.60 Å². The van der Waals surface area contributed by atoms with Gasteiger partial charge in [0.1, 0.15) is 17.4 Å². The molecule has 0 spiro atoms. The van der Waals surface area contributed by atoms with Gasteiger partial charge in [0.15, 0.2) is 11.5 Å². The number of nitrogens with zero attached hydrogens (tertiary/aromatic N) is 5. The van der Waals surface area contributed by atoms with Gasteiger partial charge in [0.05, 0.1) is 24.5 Å². The summed E-state index contributed by atoms with van der Waals surface area (Å²) in [6.45, 7) is 5.71. The van der Waals surface area contributed by atoms with Gasteiger partial charge < -0.3 is 14.6 Å². The molecule has 1 aromatic carbocycles. The maximum Gasteiger partial charge on any atom is 0.411 e. The molecule has 1 saturated heterocycles. The Morgan fingerprint density at radius 3 is 2.65 bits per heavy atom. The highest BCUT2D eigenvalue weighted by atomic mass is 16.6. The van der Waals surface area contributed by atoms with Crippen molar-refractivity contribution in [2.24, 2.45) is 0 Å². The molecular weight excluding hydrogens is 392 g/mol. The molecule has 160 valence electrons. The first-order chi connectivity index (χ1) is 14.9. The summed E-state index contributed by atoms with van der Waals surface area (Å²) >= 11 is 0. The van der Waals surface area contributed by atoms with Gasteiger partial charge in [-0.1, -0.05) is 24.3 Å². The first-order valence-corrected chi connectivity index (χ1v) is 10.9. The molecule has 3 atom stereocenters. The molecule has 1 saturated carbocycles. The highest BCUT2D eigenvalue weighted by Gasteiger charge is 2.54. The third-order valence-electron chi connectivity index (χ3n) is 6.38. The fourth-order valence-electron chi connectivity index (χ4n) is 5.01. The van der Waals surface area contributed by atoms with E-state index in [2.05, 4.69) is 37.0 Å². The van der Waals surface area contributed by atoms with Crippen molar-refractivity contribution in [3.63, 3.8) is 0 Å². The monoisotopic (exact) mass is 418 g/mol. The van der Waals surface area contributed by atoms with E-state index in [9.17, 15) is 4.79 Å². The van der Waals surface area contributed by atoms with Gasteiger partial charge in [-0.25, -0.2) is 19.7 Å². The van der Waals surface area contributed by atoms with Crippen LogP contribution in [0, 0.1) is 0 Å². The molecule has 3 aromatic rings. The molecule has 1 amide bonds. The van der Waals surface area contributed by atoms with Crippen LogP contribution in [0.1, 0.15) is 69.3 Å². The van der Waals surface area contributed by atoms with Crippen molar-refractivity contribution in [3.8, 4) is 0 Å². The number of rotatable bonds is 3. The second-order valence-corrected chi connectivity index (χ2v) is 9.75. The van der Waals surface area contributed by atoms with Gasteiger partial charge in [0.2, 0.25) is 0 Å². The topological polar surface area (TPSA) is 85.2 Å². The molecule has 2 aliphatic heterocycles. The summed E-state index contributed by atoms with van der Waals surface area (Å²) in [5.74, 6) is 0.791. The van der Waals surface area contributed by atoms with Crippen LogP contribution in [-0.4, -0.2) is 42.2 Å². The highest BCUT2D eigenvalue weighted by Crippen LogP contribution is 2.58. The average molecular weight is 419 g/mol. The molecule has 1 aliphatic carbocycles. The molecule has 4 heterocycles. The van der Waals surface area contributed by atoms with Crippen LogP contribution in [0.15, 0.2) is 36.9 Å². The van der Waals surface area contributed by atoms with E-state index in [0.717, 1.165) is 23.4 Å². The Balaban J connectivity index is 1.41. The number of hydrogen-bond donors (Lipinski definition) is 1. The molecule has 0 unspecified atom stereocenters. The normalized spacial score (nSPS) is 24.5. The van der Waals surface area contributed by atoms with Gasteiger partial charge in [-0.15, -0.1) is 0 Å². The summed E-state index contributed by atoms with van der Waals surface area (Å²) in [5.41, 5.74) is 3.44. The zero-order chi connectivity index (χ0) is 21.3. The second-order valence-electron chi connectivity index (χ2n) is 9.75. The van der Waals surface area contributed by atoms with Crippen LogP contribution in [0.3, 0.4) is 0 Å². The molecule has 0 radical (unpaired) electrons. The number of fused-ring (bicyclic) bond motifs is 6. The van der Waals surface area contributed by atoms with Gasteiger partial charge in [-0.3, -0.25) is 4.90 Å². The van der Waals surface area contributed by atoms with Crippen LogP contribution >= 0.6 is 0 Å². The van der Waals surface area contributed by atoms with Gasteiger partial charge in [-0.2, -0.15) is 0 Å². The fourth-order valence-corrected chi connectivity index (χ4v) is 5.01. The Bertz CT molecular complexity index is 1180. The lowest BCUT2D eigenvalue weighted by Crippen LogP contribution is -2.35. The molecule has 31 heavy (non-hydrogen) atoms. The summed E-state index contributed by atoms with van der Waals surface area (Å²) < 4.78 is 7.90. The number of nitrogens with one attached hydrogen (secondary N) is 1. The largest absolute Gasteiger partial charge is 0.444 e. The number of imidazole rings is 1. The van der Waals surface area contributed by atoms with E-state index in [1.807, 2.05) is 44.1 Å². The highest BCUT2D eigenvalue weighted by molar-refractivity contribution is 5.83. The van der Waals surface area contributed by atoms with Crippen molar-refractivity contribution in [2.75, 3.05) is 5.32 Å². The number of carbonyl (C=O) groups is 1. The summed E-state index contributed by atoms with van der Waals surface area (Å²) in [4.78, 5) is 28.7. The zero-order valence-corrected chi connectivity index (χ0v) is 17.9. The smallest absolute Gasteiger partial charge is 0.411 e. The van der Waals surface area contributed by atoms with Crippen molar-refractivity contribution in [2.45, 2.75) is 69.8 Å². The van der Waals surface area contributed by atoms with Crippen LogP contribution < -0.4 is 5.32 Å². The number of aromatic nitrogens is 4. The average Bonchev–Trinajstić information content (AvgIpc) is 3.19. The Kier molecular flexibility index (Phi) is 3.85. The molecular formula is C23H26N6O2. The summed E-state index contributed by atoms with van der Waals surface area (Å²) in [6, 6.07) is 8.73. The van der Waals surface area contributed by atoms with Crippen molar-refractivity contribution < 1.29 is 9.53 Å². The van der Waals surface area contributed by atoms with Crippen molar-refractivity contribution in [1.29, 1.82) is 0 Å². The van der Waals surface area contributed by atoms with Crippen LogP contribution in [0.2, 0.25) is 0 Å².